The summed E-state index contributed by atoms with van der Waals surface area (Å²) in [4.78, 5) is 11.2. The third kappa shape index (κ3) is 3.28. The number of nitrogen functional groups attached to an aromatic ring is 1. The fraction of sp³-hybridized carbons (Fsp3) is 0.450. The maximum absolute atomic E-state index is 8.40. The van der Waals surface area contributed by atoms with Crippen LogP contribution in [0.2, 0.25) is 5.02 Å². The molecule has 1 atom stereocenters. The Balaban J connectivity index is 1.51. The first-order chi connectivity index (χ1) is 13.0. The van der Waals surface area contributed by atoms with E-state index in [1.54, 1.807) is 18.3 Å². The van der Waals surface area contributed by atoms with Crippen molar-refractivity contribution in [1.82, 2.24) is 9.97 Å². The van der Waals surface area contributed by atoms with Gasteiger partial charge in [0.15, 0.2) is 5.82 Å². The number of nitrogens with zero attached hydrogens (tertiary/aromatic N) is 3. The number of anilines is 2. The van der Waals surface area contributed by atoms with Gasteiger partial charge in [-0.05, 0) is 37.2 Å². The molecule has 6 nitrogen and oxygen atoms in total. The van der Waals surface area contributed by atoms with Crippen LogP contribution in [0.1, 0.15) is 43.4 Å². The quantitative estimate of drug-likeness (QED) is 0.704. The van der Waals surface area contributed by atoms with Gasteiger partial charge in [0, 0.05) is 24.7 Å². The van der Waals surface area contributed by atoms with Crippen LogP contribution in [0.4, 0.5) is 11.6 Å². The molecule has 2 aromatic rings. The van der Waals surface area contributed by atoms with E-state index in [1.807, 2.05) is 12.1 Å². The first kappa shape index (κ1) is 18.2. The fourth-order valence-electron chi connectivity index (χ4n) is 4.50. The standard InChI is InChI=1S/C20H25ClN6/c21-14-5-2-1-4-13(14)17(23)18-19(24)26-16(12-25-18)27-10-8-20(9-11-27)7-3-6-15(20)22/h1-2,4-5,12,15,23H,3,6-11,22H2,(H2,24,26)/t15-/m1/s1. The first-order valence-corrected chi connectivity index (χ1v) is 9.85. The molecule has 0 amide bonds. The normalized spacial score (nSPS) is 21.6. The zero-order valence-corrected chi connectivity index (χ0v) is 16.0. The van der Waals surface area contributed by atoms with Gasteiger partial charge in [0.2, 0.25) is 0 Å². The van der Waals surface area contributed by atoms with E-state index in [0.717, 1.165) is 38.2 Å². The smallest absolute Gasteiger partial charge is 0.154 e. The highest BCUT2D eigenvalue weighted by atomic mass is 35.5. The van der Waals surface area contributed by atoms with Crippen LogP contribution in [0.15, 0.2) is 30.5 Å². The highest BCUT2D eigenvalue weighted by Gasteiger charge is 2.43. The summed E-state index contributed by atoms with van der Waals surface area (Å²) in [6.07, 6.45) is 7.52. The van der Waals surface area contributed by atoms with Crippen molar-refractivity contribution < 1.29 is 0 Å². The largest absolute Gasteiger partial charge is 0.382 e. The number of hydrogen-bond donors (Lipinski definition) is 3. The van der Waals surface area contributed by atoms with E-state index in [1.165, 1.54) is 12.8 Å². The molecule has 1 aliphatic heterocycles. The second kappa shape index (κ2) is 7.09. The van der Waals surface area contributed by atoms with Crippen molar-refractivity contribution in [3.05, 3.63) is 46.7 Å². The number of rotatable bonds is 3. The molecule has 2 fully saturated rings. The number of aromatic nitrogens is 2. The van der Waals surface area contributed by atoms with E-state index in [9.17, 15) is 0 Å². The lowest BCUT2D eigenvalue weighted by atomic mass is 9.74. The molecule has 0 unspecified atom stereocenters. The summed E-state index contributed by atoms with van der Waals surface area (Å²) in [5.41, 5.74) is 14.0. The van der Waals surface area contributed by atoms with Gasteiger partial charge in [-0.1, -0.05) is 36.2 Å². The van der Waals surface area contributed by atoms with Crippen LogP contribution >= 0.6 is 11.6 Å². The van der Waals surface area contributed by atoms with Crippen molar-refractivity contribution >= 4 is 28.9 Å². The molecule has 1 saturated carbocycles. The van der Waals surface area contributed by atoms with Gasteiger partial charge < -0.3 is 16.4 Å². The van der Waals surface area contributed by atoms with Crippen molar-refractivity contribution in [2.75, 3.05) is 23.7 Å². The van der Waals surface area contributed by atoms with Gasteiger partial charge in [-0.15, -0.1) is 0 Å². The lowest BCUT2D eigenvalue weighted by Gasteiger charge is -2.42. The Morgan fingerprint density at radius 1 is 1.22 bits per heavy atom. The molecule has 5 N–H and O–H groups in total. The molecule has 1 spiro atoms. The summed E-state index contributed by atoms with van der Waals surface area (Å²) in [6, 6.07) is 7.53. The Hall–Kier alpha value is -2.18. The van der Waals surface area contributed by atoms with Crippen LogP contribution in [0.3, 0.4) is 0 Å². The molecule has 0 bridgehead atoms. The minimum Gasteiger partial charge on any atom is -0.382 e. The Morgan fingerprint density at radius 2 is 1.96 bits per heavy atom. The van der Waals surface area contributed by atoms with Crippen LogP contribution in [0.5, 0.6) is 0 Å². The van der Waals surface area contributed by atoms with Crippen LogP contribution < -0.4 is 16.4 Å². The molecule has 7 heteroatoms. The van der Waals surface area contributed by atoms with Crippen molar-refractivity contribution in [3.63, 3.8) is 0 Å². The second-order valence-electron chi connectivity index (χ2n) is 7.67. The minimum absolute atomic E-state index is 0.187. The zero-order chi connectivity index (χ0) is 19.0. The molecule has 1 aromatic carbocycles. The topological polar surface area (TPSA) is 105 Å². The summed E-state index contributed by atoms with van der Waals surface area (Å²) in [6.45, 7) is 1.84. The monoisotopic (exact) mass is 384 g/mol. The number of piperidine rings is 1. The SMILES string of the molecule is N=C(c1ccccc1Cl)c1ncc(N2CCC3(CCC[C@H]3N)CC2)nc1N. The van der Waals surface area contributed by atoms with E-state index in [4.69, 9.17) is 28.5 Å². The minimum atomic E-state index is 0.187. The molecular weight excluding hydrogens is 360 g/mol. The van der Waals surface area contributed by atoms with Crippen LogP contribution in [-0.4, -0.2) is 34.8 Å². The maximum Gasteiger partial charge on any atom is 0.154 e. The maximum atomic E-state index is 8.40. The number of nitrogens with one attached hydrogen (secondary N) is 1. The Bertz CT molecular complexity index is 859. The van der Waals surface area contributed by atoms with Crippen molar-refractivity contribution in [3.8, 4) is 0 Å². The van der Waals surface area contributed by atoms with E-state index < -0.39 is 0 Å². The highest BCUT2D eigenvalue weighted by Crippen LogP contribution is 2.45. The molecule has 0 radical (unpaired) electrons. The zero-order valence-electron chi connectivity index (χ0n) is 15.3. The number of hydrogen-bond acceptors (Lipinski definition) is 6. The average Bonchev–Trinajstić information content (AvgIpc) is 3.02. The molecule has 2 aliphatic rings. The number of nitrogens with two attached hydrogens (primary N) is 2. The van der Waals surface area contributed by atoms with Gasteiger partial charge in [0.05, 0.1) is 16.9 Å². The average molecular weight is 385 g/mol. The van der Waals surface area contributed by atoms with Gasteiger partial charge in [-0.25, -0.2) is 9.97 Å². The predicted octanol–water partition coefficient (Wildman–Crippen LogP) is 3.23. The molecule has 1 aromatic heterocycles. The molecule has 1 saturated heterocycles. The van der Waals surface area contributed by atoms with Crippen molar-refractivity contribution in [2.45, 2.75) is 38.1 Å². The molecule has 4 rings (SSSR count). The lowest BCUT2D eigenvalue weighted by Crippen LogP contribution is -2.47. The van der Waals surface area contributed by atoms with E-state index in [-0.39, 0.29) is 11.5 Å². The van der Waals surface area contributed by atoms with Crippen LogP contribution in [-0.2, 0) is 0 Å². The second-order valence-corrected chi connectivity index (χ2v) is 8.07. The van der Waals surface area contributed by atoms with Gasteiger partial charge in [-0.3, -0.25) is 5.41 Å². The third-order valence-corrected chi connectivity index (χ3v) is 6.56. The molecule has 142 valence electrons. The first-order valence-electron chi connectivity index (χ1n) is 9.47. The van der Waals surface area contributed by atoms with E-state index in [2.05, 4.69) is 14.9 Å². The molecular formula is C20H25ClN6. The highest BCUT2D eigenvalue weighted by molar-refractivity contribution is 6.35. The Labute approximate surface area is 164 Å². The number of benzene rings is 1. The fourth-order valence-corrected chi connectivity index (χ4v) is 4.73. The summed E-state index contributed by atoms with van der Waals surface area (Å²) in [5.74, 6) is 1.03. The summed E-state index contributed by atoms with van der Waals surface area (Å²) >= 11 is 6.20. The van der Waals surface area contributed by atoms with Crippen molar-refractivity contribution in [1.29, 1.82) is 5.41 Å². The lowest BCUT2D eigenvalue weighted by molar-refractivity contribution is 0.197. The number of halogens is 1. The Kier molecular flexibility index (Phi) is 4.78. The van der Waals surface area contributed by atoms with Gasteiger partial charge in [-0.2, -0.15) is 0 Å². The summed E-state index contributed by atoms with van der Waals surface area (Å²) in [7, 11) is 0. The third-order valence-electron chi connectivity index (χ3n) is 6.23. The van der Waals surface area contributed by atoms with Crippen LogP contribution in [0.25, 0.3) is 0 Å². The molecule has 1 aliphatic carbocycles. The summed E-state index contributed by atoms with van der Waals surface area (Å²) < 4.78 is 0. The van der Waals surface area contributed by atoms with Gasteiger partial charge >= 0.3 is 0 Å². The van der Waals surface area contributed by atoms with Crippen LogP contribution in [0, 0.1) is 10.8 Å². The summed E-state index contributed by atoms with van der Waals surface area (Å²) in [5, 5.41) is 8.91. The molecule has 27 heavy (non-hydrogen) atoms. The van der Waals surface area contributed by atoms with Gasteiger partial charge in [0.1, 0.15) is 11.5 Å². The Morgan fingerprint density at radius 3 is 2.59 bits per heavy atom. The van der Waals surface area contributed by atoms with E-state index in [0.29, 0.717) is 27.7 Å². The van der Waals surface area contributed by atoms with E-state index >= 15 is 0 Å². The van der Waals surface area contributed by atoms with Crippen molar-refractivity contribution in [2.24, 2.45) is 11.1 Å². The predicted molar refractivity (Wildman–Crippen MR) is 110 cm³/mol. The van der Waals surface area contributed by atoms with Gasteiger partial charge in [0.25, 0.3) is 0 Å². The molecule has 2 heterocycles.